The van der Waals surface area contributed by atoms with Gasteiger partial charge in [-0.25, -0.2) is 0 Å². The highest BCUT2D eigenvalue weighted by Crippen LogP contribution is 2.25. The standard InChI is InChI=1S/C19H22ClN/c1-14-3-2-4-15(11-14)12-17(13-21-19-9-10-19)16-5-7-18(20)8-6-16/h2-8,11,17,19,21H,9-10,12-13H2,1H3. The van der Waals surface area contributed by atoms with Crippen molar-refractivity contribution in [2.45, 2.75) is 38.1 Å². The Morgan fingerprint density at radius 3 is 2.57 bits per heavy atom. The lowest BCUT2D eigenvalue weighted by atomic mass is 9.91. The minimum atomic E-state index is 0.504. The van der Waals surface area contributed by atoms with Gasteiger partial charge in [0.05, 0.1) is 0 Å². The summed E-state index contributed by atoms with van der Waals surface area (Å²) in [7, 11) is 0. The van der Waals surface area contributed by atoms with E-state index in [1.807, 2.05) is 12.1 Å². The molecule has 1 aliphatic carbocycles. The Bertz CT molecular complexity index is 587. The molecule has 0 radical (unpaired) electrons. The highest BCUT2D eigenvalue weighted by Gasteiger charge is 2.22. The zero-order chi connectivity index (χ0) is 14.7. The van der Waals surface area contributed by atoms with Crippen molar-refractivity contribution in [3.63, 3.8) is 0 Å². The summed E-state index contributed by atoms with van der Waals surface area (Å²) in [5.74, 6) is 0.504. The van der Waals surface area contributed by atoms with Crippen molar-refractivity contribution >= 4 is 11.6 Å². The Balaban J connectivity index is 1.75. The number of aryl methyl sites for hydroxylation is 1. The van der Waals surface area contributed by atoms with Gasteiger partial charge in [-0.3, -0.25) is 0 Å². The van der Waals surface area contributed by atoms with E-state index in [-0.39, 0.29) is 0 Å². The molecule has 2 aromatic rings. The fourth-order valence-electron chi connectivity index (χ4n) is 2.76. The summed E-state index contributed by atoms with van der Waals surface area (Å²) >= 11 is 6.02. The maximum atomic E-state index is 6.02. The van der Waals surface area contributed by atoms with Crippen LogP contribution in [0, 0.1) is 6.92 Å². The molecule has 0 bridgehead atoms. The molecule has 1 unspecified atom stereocenters. The summed E-state index contributed by atoms with van der Waals surface area (Å²) in [6.07, 6.45) is 3.73. The zero-order valence-corrected chi connectivity index (χ0v) is 13.2. The SMILES string of the molecule is Cc1cccc(CC(CNC2CC2)c2ccc(Cl)cc2)c1. The number of hydrogen-bond donors (Lipinski definition) is 1. The molecule has 0 aromatic heterocycles. The zero-order valence-electron chi connectivity index (χ0n) is 12.5. The van der Waals surface area contributed by atoms with Gasteiger partial charge in [0.15, 0.2) is 0 Å². The lowest BCUT2D eigenvalue weighted by Gasteiger charge is -2.19. The summed E-state index contributed by atoms with van der Waals surface area (Å²) in [4.78, 5) is 0. The van der Waals surface area contributed by atoms with Gasteiger partial charge in [-0.2, -0.15) is 0 Å². The number of halogens is 1. The van der Waals surface area contributed by atoms with Crippen LogP contribution in [0.1, 0.15) is 35.4 Å². The van der Waals surface area contributed by atoms with E-state index >= 15 is 0 Å². The second kappa shape index (κ2) is 6.64. The van der Waals surface area contributed by atoms with Crippen LogP contribution in [0.3, 0.4) is 0 Å². The summed E-state index contributed by atoms with van der Waals surface area (Å²) in [5, 5.41) is 4.48. The maximum Gasteiger partial charge on any atom is 0.0406 e. The molecule has 1 aliphatic rings. The Hall–Kier alpha value is -1.31. The summed E-state index contributed by atoms with van der Waals surface area (Å²) < 4.78 is 0. The average molecular weight is 300 g/mol. The molecule has 0 heterocycles. The normalized spacial score (nSPS) is 15.9. The number of benzene rings is 2. The third kappa shape index (κ3) is 4.33. The van der Waals surface area contributed by atoms with E-state index in [0.29, 0.717) is 5.92 Å². The highest BCUT2D eigenvalue weighted by molar-refractivity contribution is 6.30. The van der Waals surface area contributed by atoms with Gasteiger partial charge in [-0.05, 0) is 49.4 Å². The molecule has 0 spiro atoms. The minimum absolute atomic E-state index is 0.504. The molecular formula is C19H22ClN. The molecule has 1 saturated carbocycles. The van der Waals surface area contributed by atoms with Crippen LogP contribution in [-0.2, 0) is 6.42 Å². The van der Waals surface area contributed by atoms with E-state index in [9.17, 15) is 0 Å². The average Bonchev–Trinajstić information content (AvgIpc) is 3.29. The fourth-order valence-corrected chi connectivity index (χ4v) is 2.89. The largest absolute Gasteiger partial charge is 0.313 e. The van der Waals surface area contributed by atoms with Crippen LogP contribution in [0.25, 0.3) is 0 Å². The van der Waals surface area contributed by atoms with Crippen LogP contribution in [-0.4, -0.2) is 12.6 Å². The molecule has 0 amide bonds. The van der Waals surface area contributed by atoms with Crippen molar-refractivity contribution in [2.24, 2.45) is 0 Å². The Labute approximate surface area is 132 Å². The van der Waals surface area contributed by atoms with E-state index in [4.69, 9.17) is 11.6 Å². The van der Waals surface area contributed by atoms with Crippen LogP contribution in [0.15, 0.2) is 48.5 Å². The molecule has 1 atom stereocenters. The van der Waals surface area contributed by atoms with E-state index in [1.54, 1.807) is 0 Å². The topological polar surface area (TPSA) is 12.0 Å². The van der Waals surface area contributed by atoms with Crippen molar-refractivity contribution in [3.8, 4) is 0 Å². The van der Waals surface area contributed by atoms with Crippen LogP contribution < -0.4 is 5.32 Å². The molecule has 1 fully saturated rings. The maximum absolute atomic E-state index is 6.02. The van der Waals surface area contributed by atoms with Gasteiger partial charge in [0, 0.05) is 23.5 Å². The van der Waals surface area contributed by atoms with Gasteiger partial charge in [0.2, 0.25) is 0 Å². The minimum Gasteiger partial charge on any atom is -0.313 e. The molecule has 2 aromatic carbocycles. The molecule has 1 N–H and O–H groups in total. The first kappa shape index (κ1) is 14.6. The van der Waals surface area contributed by atoms with Crippen LogP contribution >= 0.6 is 11.6 Å². The monoisotopic (exact) mass is 299 g/mol. The lowest BCUT2D eigenvalue weighted by Crippen LogP contribution is -2.24. The van der Waals surface area contributed by atoms with Gasteiger partial charge in [-0.1, -0.05) is 53.6 Å². The summed E-state index contributed by atoms with van der Waals surface area (Å²) in [6.45, 7) is 3.20. The second-order valence-corrected chi connectivity index (χ2v) is 6.56. The predicted molar refractivity (Wildman–Crippen MR) is 90.1 cm³/mol. The van der Waals surface area contributed by atoms with Gasteiger partial charge in [0.25, 0.3) is 0 Å². The first-order valence-electron chi connectivity index (χ1n) is 7.75. The van der Waals surface area contributed by atoms with Crippen LogP contribution in [0.2, 0.25) is 5.02 Å². The molecule has 2 heteroatoms. The van der Waals surface area contributed by atoms with E-state index in [1.165, 1.54) is 29.5 Å². The number of rotatable bonds is 6. The first-order chi connectivity index (χ1) is 10.2. The van der Waals surface area contributed by atoms with Gasteiger partial charge < -0.3 is 5.32 Å². The van der Waals surface area contributed by atoms with Gasteiger partial charge >= 0.3 is 0 Å². The van der Waals surface area contributed by atoms with E-state index in [0.717, 1.165) is 24.0 Å². The van der Waals surface area contributed by atoms with Crippen LogP contribution in [0.4, 0.5) is 0 Å². The third-order valence-corrected chi connectivity index (χ3v) is 4.39. The van der Waals surface area contributed by atoms with Crippen molar-refractivity contribution in [1.82, 2.24) is 5.32 Å². The quantitative estimate of drug-likeness (QED) is 0.813. The number of nitrogens with one attached hydrogen (secondary N) is 1. The molecule has 3 rings (SSSR count). The third-order valence-electron chi connectivity index (χ3n) is 4.14. The van der Waals surface area contributed by atoms with Crippen LogP contribution in [0.5, 0.6) is 0 Å². The smallest absolute Gasteiger partial charge is 0.0406 e. The van der Waals surface area contributed by atoms with Gasteiger partial charge in [-0.15, -0.1) is 0 Å². The van der Waals surface area contributed by atoms with Crippen molar-refractivity contribution < 1.29 is 0 Å². The Kier molecular flexibility index (Phi) is 4.62. The Morgan fingerprint density at radius 1 is 1.14 bits per heavy atom. The van der Waals surface area contributed by atoms with Gasteiger partial charge in [0.1, 0.15) is 0 Å². The summed E-state index contributed by atoms with van der Waals surface area (Å²) in [6, 6.07) is 17.9. The predicted octanol–water partition coefficient (Wildman–Crippen LogP) is 4.73. The summed E-state index contributed by atoms with van der Waals surface area (Å²) in [5.41, 5.74) is 4.11. The first-order valence-corrected chi connectivity index (χ1v) is 8.13. The molecule has 110 valence electrons. The molecule has 1 nitrogen and oxygen atoms in total. The highest BCUT2D eigenvalue weighted by atomic mass is 35.5. The van der Waals surface area contributed by atoms with E-state index < -0.39 is 0 Å². The molecule has 0 aliphatic heterocycles. The lowest BCUT2D eigenvalue weighted by molar-refractivity contribution is 0.577. The van der Waals surface area contributed by atoms with E-state index in [2.05, 4.69) is 48.6 Å². The second-order valence-electron chi connectivity index (χ2n) is 6.12. The fraction of sp³-hybridized carbons (Fsp3) is 0.368. The molecule has 21 heavy (non-hydrogen) atoms. The molecular weight excluding hydrogens is 278 g/mol. The van der Waals surface area contributed by atoms with Crippen molar-refractivity contribution in [1.29, 1.82) is 0 Å². The number of hydrogen-bond acceptors (Lipinski definition) is 1. The van der Waals surface area contributed by atoms with Crippen molar-refractivity contribution in [2.75, 3.05) is 6.54 Å². The van der Waals surface area contributed by atoms with Crippen molar-refractivity contribution in [3.05, 3.63) is 70.2 Å². The Morgan fingerprint density at radius 2 is 1.90 bits per heavy atom. The molecule has 0 saturated heterocycles.